The number of carboxylic acid groups (broad SMARTS) is 1. The molecule has 0 radical (unpaired) electrons. The number of aromatic nitrogens is 1. The van der Waals surface area contributed by atoms with Gasteiger partial charge in [-0.15, -0.1) is 11.3 Å². The van der Waals surface area contributed by atoms with E-state index in [0.29, 0.717) is 10.8 Å². The molecule has 2 unspecified atom stereocenters. The number of carbonyl (C=O) groups excluding carboxylic acids is 1. The summed E-state index contributed by atoms with van der Waals surface area (Å²) in [6.45, 7) is 0.0510. The Kier molecular flexibility index (Phi) is 3.48. The average Bonchev–Trinajstić information content (AvgIpc) is 2.85. The second kappa shape index (κ2) is 4.91. The number of thiazole rings is 1. The van der Waals surface area contributed by atoms with Crippen molar-refractivity contribution in [1.29, 1.82) is 0 Å². The van der Waals surface area contributed by atoms with Gasteiger partial charge in [0.2, 0.25) is 5.91 Å². The summed E-state index contributed by atoms with van der Waals surface area (Å²) < 4.78 is 0. The van der Waals surface area contributed by atoms with Gasteiger partial charge in [0.15, 0.2) is 5.13 Å². The lowest BCUT2D eigenvalue weighted by Crippen LogP contribution is -2.41. The molecule has 0 bridgehead atoms. The number of amides is 1. The van der Waals surface area contributed by atoms with E-state index in [0.717, 1.165) is 0 Å². The highest BCUT2D eigenvalue weighted by Crippen LogP contribution is 2.20. The number of aliphatic carboxylic acids is 1. The van der Waals surface area contributed by atoms with Crippen LogP contribution in [0.3, 0.4) is 0 Å². The number of likely N-dealkylation sites (tertiary alicyclic amines) is 1. The van der Waals surface area contributed by atoms with Crippen LogP contribution in [0.4, 0.5) is 5.13 Å². The lowest BCUT2D eigenvalue weighted by atomic mass is 10.2. The number of rotatable bonds is 3. The van der Waals surface area contributed by atoms with E-state index in [-0.39, 0.29) is 25.3 Å². The highest BCUT2D eigenvalue weighted by molar-refractivity contribution is 7.13. The molecular weight excluding hydrogens is 258 g/mol. The predicted octanol–water partition coefficient (Wildman–Crippen LogP) is -0.686. The van der Waals surface area contributed by atoms with Gasteiger partial charge in [0.25, 0.3) is 0 Å². The first-order valence-corrected chi connectivity index (χ1v) is 6.25. The van der Waals surface area contributed by atoms with Crippen molar-refractivity contribution in [2.45, 2.75) is 25.0 Å². The lowest BCUT2D eigenvalue weighted by molar-refractivity contribution is -0.148. The van der Waals surface area contributed by atoms with Crippen LogP contribution in [-0.2, 0) is 16.0 Å². The zero-order valence-electron chi connectivity index (χ0n) is 9.44. The molecule has 2 rings (SSSR count). The van der Waals surface area contributed by atoms with E-state index in [1.165, 1.54) is 16.2 Å². The molecule has 4 N–H and O–H groups in total. The van der Waals surface area contributed by atoms with Crippen molar-refractivity contribution >= 4 is 28.3 Å². The van der Waals surface area contributed by atoms with Crippen molar-refractivity contribution in [1.82, 2.24) is 9.88 Å². The molecule has 1 aromatic heterocycles. The zero-order valence-corrected chi connectivity index (χ0v) is 10.3. The minimum absolute atomic E-state index is 0.00417. The Bertz CT molecular complexity index is 475. The molecule has 0 aromatic carbocycles. The fraction of sp³-hybridized carbons (Fsp3) is 0.500. The van der Waals surface area contributed by atoms with Crippen molar-refractivity contribution in [2.75, 3.05) is 12.3 Å². The molecule has 8 heteroatoms. The molecule has 18 heavy (non-hydrogen) atoms. The molecular formula is C10H13N3O4S. The van der Waals surface area contributed by atoms with Crippen LogP contribution in [0.2, 0.25) is 0 Å². The normalized spacial score (nSPS) is 23.3. The Morgan fingerprint density at radius 2 is 2.33 bits per heavy atom. The monoisotopic (exact) mass is 271 g/mol. The first-order chi connectivity index (χ1) is 8.47. The molecule has 1 saturated heterocycles. The van der Waals surface area contributed by atoms with Gasteiger partial charge in [-0.2, -0.15) is 0 Å². The molecule has 1 amide bonds. The lowest BCUT2D eigenvalue weighted by Gasteiger charge is -2.20. The highest BCUT2D eigenvalue weighted by Gasteiger charge is 2.38. The molecule has 0 saturated carbocycles. The molecule has 2 atom stereocenters. The summed E-state index contributed by atoms with van der Waals surface area (Å²) in [5.41, 5.74) is 5.98. The number of nitrogens with two attached hydrogens (primary N) is 1. The average molecular weight is 271 g/mol. The van der Waals surface area contributed by atoms with E-state index in [1.807, 2.05) is 0 Å². The summed E-state index contributed by atoms with van der Waals surface area (Å²) >= 11 is 1.23. The summed E-state index contributed by atoms with van der Waals surface area (Å²) in [5, 5.41) is 20.5. The molecule has 1 aliphatic heterocycles. The van der Waals surface area contributed by atoms with Crippen LogP contribution < -0.4 is 5.73 Å². The van der Waals surface area contributed by atoms with Gasteiger partial charge < -0.3 is 20.8 Å². The Morgan fingerprint density at radius 3 is 2.89 bits per heavy atom. The van der Waals surface area contributed by atoms with Crippen molar-refractivity contribution in [3.8, 4) is 0 Å². The van der Waals surface area contributed by atoms with Crippen LogP contribution in [-0.4, -0.2) is 50.7 Å². The first-order valence-electron chi connectivity index (χ1n) is 5.37. The molecule has 7 nitrogen and oxygen atoms in total. The summed E-state index contributed by atoms with van der Waals surface area (Å²) in [7, 11) is 0. The van der Waals surface area contributed by atoms with Crippen LogP contribution in [0.5, 0.6) is 0 Å². The Balaban J connectivity index is 2.06. The standard InChI is InChI=1S/C10H13N3O4S/c11-10-12-5(4-18-10)1-8(15)13-3-6(14)2-7(13)9(16)17/h4,6-7,14H,1-3H2,(H2,11,12)(H,16,17). The minimum Gasteiger partial charge on any atom is -0.480 e. The molecule has 1 fully saturated rings. The summed E-state index contributed by atoms with van der Waals surface area (Å²) in [5.74, 6) is -1.46. The molecule has 2 heterocycles. The smallest absolute Gasteiger partial charge is 0.326 e. The second-order valence-corrected chi connectivity index (χ2v) is 5.03. The zero-order chi connectivity index (χ0) is 13.3. The number of carbonyl (C=O) groups is 2. The summed E-state index contributed by atoms with van der Waals surface area (Å²) in [4.78, 5) is 28.1. The topological polar surface area (TPSA) is 117 Å². The van der Waals surface area contributed by atoms with Crippen LogP contribution in [0, 0.1) is 0 Å². The van der Waals surface area contributed by atoms with E-state index in [2.05, 4.69) is 4.98 Å². The Labute approximate surface area is 107 Å². The van der Waals surface area contributed by atoms with Gasteiger partial charge in [0.1, 0.15) is 6.04 Å². The van der Waals surface area contributed by atoms with Crippen molar-refractivity contribution < 1.29 is 19.8 Å². The van der Waals surface area contributed by atoms with Gasteiger partial charge in [-0.1, -0.05) is 0 Å². The third-order valence-corrected chi connectivity index (χ3v) is 3.51. The quantitative estimate of drug-likeness (QED) is 0.670. The van der Waals surface area contributed by atoms with Gasteiger partial charge in [0, 0.05) is 18.3 Å². The third-order valence-electron chi connectivity index (χ3n) is 2.79. The predicted molar refractivity (Wildman–Crippen MR) is 64.0 cm³/mol. The van der Waals surface area contributed by atoms with Crippen LogP contribution in [0.1, 0.15) is 12.1 Å². The van der Waals surface area contributed by atoms with Crippen LogP contribution in [0.25, 0.3) is 0 Å². The largest absolute Gasteiger partial charge is 0.480 e. The fourth-order valence-corrected chi connectivity index (χ4v) is 2.55. The van der Waals surface area contributed by atoms with E-state index in [4.69, 9.17) is 10.8 Å². The summed E-state index contributed by atoms with van der Waals surface area (Å²) in [6.07, 6.45) is -0.708. The summed E-state index contributed by atoms with van der Waals surface area (Å²) in [6, 6.07) is -0.955. The molecule has 98 valence electrons. The Morgan fingerprint density at radius 1 is 1.61 bits per heavy atom. The van der Waals surface area contributed by atoms with Gasteiger partial charge in [0.05, 0.1) is 18.2 Å². The minimum atomic E-state index is -1.10. The van der Waals surface area contributed by atoms with E-state index in [1.54, 1.807) is 5.38 Å². The van der Waals surface area contributed by atoms with Gasteiger partial charge in [-0.3, -0.25) is 4.79 Å². The molecule has 0 spiro atoms. The van der Waals surface area contributed by atoms with E-state index in [9.17, 15) is 14.7 Å². The van der Waals surface area contributed by atoms with Gasteiger partial charge in [-0.25, -0.2) is 9.78 Å². The third kappa shape index (κ3) is 2.59. The van der Waals surface area contributed by atoms with E-state index >= 15 is 0 Å². The van der Waals surface area contributed by atoms with Gasteiger partial charge in [-0.05, 0) is 0 Å². The maximum atomic E-state index is 12.0. The number of hydrogen-bond donors (Lipinski definition) is 3. The number of nitrogen functional groups attached to an aromatic ring is 1. The number of carboxylic acids is 1. The highest BCUT2D eigenvalue weighted by atomic mass is 32.1. The number of nitrogens with zero attached hydrogens (tertiary/aromatic N) is 2. The fourth-order valence-electron chi connectivity index (χ4n) is 1.98. The molecule has 0 aliphatic carbocycles. The second-order valence-electron chi connectivity index (χ2n) is 4.14. The SMILES string of the molecule is Nc1nc(CC(=O)N2CC(O)CC2C(=O)O)cs1. The maximum Gasteiger partial charge on any atom is 0.326 e. The number of hydrogen-bond acceptors (Lipinski definition) is 6. The van der Waals surface area contributed by atoms with Gasteiger partial charge >= 0.3 is 5.97 Å². The van der Waals surface area contributed by atoms with Crippen molar-refractivity contribution in [3.63, 3.8) is 0 Å². The number of aliphatic hydroxyl groups is 1. The molecule has 1 aromatic rings. The number of aliphatic hydroxyl groups excluding tert-OH is 1. The van der Waals surface area contributed by atoms with Crippen LogP contribution >= 0.6 is 11.3 Å². The Hall–Kier alpha value is -1.67. The first kappa shape index (κ1) is 12.8. The number of anilines is 1. The van der Waals surface area contributed by atoms with Crippen molar-refractivity contribution in [3.05, 3.63) is 11.1 Å². The van der Waals surface area contributed by atoms with Crippen molar-refractivity contribution in [2.24, 2.45) is 0 Å². The van der Waals surface area contributed by atoms with E-state index < -0.39 is 18.1 Å². The number of β-amino-alcohol motifs (C(OH)–C–C–N with tert-alkyl or cyclic N) is 1. The molecule has 1 aliphatic rings. The van der Waals surface area contributed by atoms with Crippen LogP contribution in [0.15, 0.2) is 5.38 Å². The maximum absolute atomic E-state index is 12.0.